The number of hydrazone groups is 1. The largest absolute Gasteiger partial charge is 0.497 e. The highest BCUT2D eigenvalue weighted by molar-refractivity contribution is 6.35. The molecular weight excluding hydrogens is 472 g/mol. The van der Waals surface area contributed by atoms with Crippen molar-refractivity contribution in [2.24, 2.45) is 5.10 Å². The Morgan fingerprint density at radius 2 is 1.54 bits per heavy atom. The lowest BCUT2D eigenvalue weighted by molar-refractivity contribution is -0.139. The Kier molecular flexibility index (Phi) is 9.21. The van der Waals surface area contributed by atoms with Gasteiger partial charge in [-0.1, -0.05) is 23.7 Å². The zero-order valence-corrected chi connectivity index (χ0v) is 19.5. The van der Waals surface area contributed by atoms with Crippen molar-refractivity contribution >= 4 is 41.2 Å². The van der Waals surface area contributed by atoms with Crippen molar-refractivity contribution in [2.45, 2.75) is 6.54 Å². The van der Waals surface area contributed by atoms with Crippen molar-refractivity contribution in [3.8, 4) is 11.5 Å². The molecular formula is C25H23ClN4O5. The van der Waals surface area contributed by atoms with E-state index in [0.29, 0.717) is 27.8 Å². The smallest absolute Gasteiger partial charge is 0.329 e. The Morgan fingerprint density at radius 1 is 0.886 bits per heavy atom. The third kappa shape index (κ3) is 8.49. The highest BCUT2D eigenvalue weighted by Crippen LogP contribution is 2.15. The predicted molar refractivity (Wildman–Crippen MR) is 133 cm³/mol. The van der Waals surface area contributed by atoms with Gasteiger partial charge in [0.25, 0.3) is 5.91 Å². The molecule has 0 radical (unpaired) electrons. The van der Waals surface area contributed by atoms with E-state index in [4.69, 9.17) is 21.1 Å². The first-order valence-corrected chi connectivity index (χ1v) is 10.8. The molecule has 0 aliphatic rings. The molecule has 0 fully saturated rings. The maximum atomic E-state index is 12.0. The summed E-state index contributed by atoms with van der Waals surface area (Å²) in [4.78, 5) is 35.8. The molecule has 0 saturated carbocycles. The van der Waals surface area contributed by atoms with Gasteiger partial charge in [-0.3, -0.25) is 14.4 Å². The summed E-state index contributed by atoms with van der Waals surface area (Å²) in [6.45, 7) is 0.0212. The molecule has 3 amide bonds. The summed E-state index contributed by atoms with van der Waals surface area (Å²) in [5.41, 5.74) is 4.26. The zero-order valence-electron chi connectivity index (χ0n) is 18.8. The Labute approximate surface area is 207 Å². The molecule has 0 aromatic heterocycles. The standard InChI is InChI=1S/C25H23ClN4O5/c1-34-21-12-8-20(9-13-21)29-23(31)16-35-22-10-4-18(5-11-22)15-28-30-25(33)24(32)27-14-17-2-6-19(26)7-3-17/h2-13,15H,14,16H2,1H3,(H,27,32)(H,29,31)(H,30,33)/b28-15-. The van der Waals surface area contributed by atoms with E-state index < -0.39 is 11.8 Å². The SMILES string of the molecule is COc1ccc(NC(=O)COc2ccc(/C=N\NC(=O)C(=O)NCc3ccc(Cl)cc3)cc2)cc1. The Hall–Kier alpha value is -4.37. The predicted octanol–water partition coefficient (Wildman–Crippen LogP) is 3.13. The molecule has 0 saturated heterocycles. The number of carbonyl (C=O) groups is 3. The van der Waals surface area contributed by atoms with Crippen LogP contribution in [0.15, 0.2) is 77.9 Å². The summed E-state index contributed by atoms with van der Waals surface area (Å²) >= 11 is 5.81. The zero-order chi connectivity index (χ0) is 25.0. The fraction of sp³-hybridized carbons (Fsp3) is 0.120. The first kappa shape index (κ1) is 25.3. The molecule has 3 aromatic carbocycles. The number of carbonyl (C=O) groups excluding carboxylic acids is 3. The van der Waals surface area contributed by atoms with Crippen LogP contribution in [-0.2, 0) is 20.9 Å². The minimum Gasteiger partial charge on any atom is -0.497 e. The summed E-state index contributed by atoms with van der Waals surface area (Å²) in [5.74, 6) is -0.831. The van der Waals surface area contributed by atoms with Gasteiger partial charge in [0.1, 0.15) is 11.5 Å². The molecule has 3 N–H and O–H groups in total. The van der Waals surface area contributed by atoms with Crippen LogP contribution >= 0.6 is 11.6 Å². The molecule has 0 aliphatic heterocycles. The van der Waals surface area contributed by atoms with E-state index in [1.807, 2.05) is 0 Å². The fourth-order valence-electron chi connectivity index (χ4n) is 2.75. The van der Waals surface area contributed by atoms with Gasteiger partial charge in [-0.25, -0.2) is 5.43 Å². The lowest BCUT2D eigenvalue weighted by Crippen LogP contribution is -2.37. The van der Waals surface area contributed by atoms with Crippen molar-refractivity contribution in [3.63, 3.8) is 0 Å². The summed E-state index contributed by atoms with van der Waals surface area (Å²) in [6, 6.07) is 20.5. The van der Waals surface area contributed by atoms with Crippen LogP contribution in [0, 0.1) is 0 Å². The van der Waals surface area contributed by atoms with Crippen LogP contribution in [0.3, 0.4) is 0 Å². The van der Waals surface area contributed by atoms with E-state index in [0.717, 1.165) is 5.56 Å². The fourth-order valence-corrected chi connectivity index (χ4v) is 2.88. The number of nitrogens with zero attached hydrogens (tertiary/aromatic N) is 1. The summed E-state index contributed by atoms with van der Waals surface area (Å²) < 4.78 is 10.5. The van der Waals surface area contributed by atoms with Crippen LogP contribution in [0.5, 0.6) is 11.5 Å². The maximum Gasteiger partial charge on any atom is 0.329 e. The van der Waals surface area contributed by atoms with Gasteiger partial charge in [0.2, 0.25) is 0 Å². The molecule has 9 nitrogen and oxygen atoms in total. The van der Waals surface area contributed by atoms with E-state index in [1.165, 1.54) is 6.21 Å². The van der Waals surface area contributed by atoms with Crippen LogP contribution in [0.2, 0.25) is 5.02 Å². The third-order valence-electron chi connectivity index (χ3n) is 4.58. The van der Waals surface area contributed by atoms with Gasteiger partial charge in [0.15, 0.2) is 6.61 Å². The first-order chi connectivity index (χ1) is 16.9. The average molecular weight is 495 g/mol. The highest BCUT2D eigenvalue weighted by Gasteiger charge is 2.12. The van der Waals surface area contributed by atoms with Crippen molar-refractivity contribution in [1.29, 1.82) is 0 Å². The van der Waals surface area contributed by atoms with Crippen molar-refractivity contribution < 1.29 is 23.9 Å². The van der Waals surface area contributed by atoms with E-state index in [2.05, 4.69) is 21.2 Å². The summed E-state index contributed by atoms with van der Waals surface area (Å²) in [5, 5.41) is 9.58. The minimum atomic E-state index is -0.891. The molecule has 0 atom stereocenters. The molecule has 3 aromatic rings. The second-order valence-electron chi connectivity index (χ2n) is 7.14. The number of halogens is 1. The van der Waals surface area contributed by atoms with Gasteiger partial charge in [0.05, 0.1) is 13.3 Å². The molecule has 180 valence electrons. The maximum absolute atomic E-state index is 12.0. The van der Waals surface area contributed by atoms with Crippen molar-refractivity contribution in [3.05, 3.63) is 88.9 Å². The normalized spacial score (nSPS) is 10.5. The Balaban J connectivity index is 1.38. The van der Waals surface area contributed by atoms with Crippen LogP contribution in [0.25, 0.3) is 0 Å². The van der Waals surface area contributed by atoms with Gasteiger partial charge < -0.3 is 20.1 Å². The van der Waals surface area contributed by atoms with Gasteiger partial charge in [-0.05, 0) is 71.8 Å². The van der Waals surface area contributed by atoms with E-state index in [1.54, 1.807) is 79.9 Å². The van der Waals surface area contributed by atoms with E-state index in [-0.39, 0.29) is 19.1 Å². The van der Waals surface area contributed by atoms with Gasteiger partial charge in [-0.2, -0.15) is 5.10 Å². The topological polar surface area (TPSA) is 118 Å². The Morgan fingerprint density at radius 3 is 2.20 bits per heavy atom. The van der Waals surface area contributed by atoms with E-state index in [9.17, 15) is 14.4 Å². The number of hydrogen-bond donors (Lipinski definition) is 3. The summed E-state index contributed by atoms with van der Waals surface area (Å²) in [6.07, 6.45) is 1.38. The lowest BCUT2D eigenvalue weighted by atomic mass is 10.2. The van der Waals surface area contributed by atoms with Gasteiger partial charge in [-0.15, -0.1) is 0 Å². The number of amides is 3. The monoisotopic (exact) mass is 494 g/mol. The number of hydrogen-bond acceptors (Lipinski definition) is 6. The number of nitrogens with one attached hydrogen (secondary N) is 3. The molecule has 3 rings (SSSR count). The molecule has 0 heterocycles. The second-order valence-corrected chi connectivity index (χ2v) is 7.58. The molecule has 0 bridgehead atoms. The van der Waals surface area contributed by atoms with Crippen LogP contribution in [0.1, 0.15) is 11.1 Å². The highest BCUT2D eigenvalue weighted by atomic mass is 35.5. The first-order valence-electron chi connectivity index (χ1n) is 10.5. The van der Waals surface area contributed by atoms with Crippen LogP contribution in [-0.4, -0.2) is 37.7 Å². The molecule has 0 spiro atoms. The number of benzene rings is 3. The van der Waals surface area contributed by atoms with Crippen molar-refractivity contribution in [2.75, 3.05) is 19.0 Å². The van der Waals surface area contributed by atoms with E-state index >= 15 is 0 Å². The summed E-state index contributed by atoms with van der Waals surface area (Å²) in [7, 11) is 1.57. The Bertz CT molecular complexity index is 1180. The number of methoxy groups -OCH3 is 1. The molecule has 0 aliphatic carbocycles. The third-order valence-corrected chi connectivity index (χ3v) is 4.83. The quantitative estimate of drug-likeness (QED) is 0.240. The average Bonchev–Trinajstić information content (AvgIpc) is 2.88. The minimum absolute atomic E-state index is 0.166. The number of ether oxygens (including phenoxy) is 2. The van der Waals surface area contributed by atoms with Crippen LogP contribution in [0.4, 0.5) is 5.69 Å². The number of anilines is 1. The van der Waals surface area contributed by atoms with Crippen LogP contribution < -0.4 is 25.5 Å². The van der Waals surface area contributed by atoms with Gasteiger partial charge in [0, 0.05) is 17.3 Å². The van der Waals surface area contributed by atoms with Gasteiger partial charge >= 0.3 is 11.8 Å². The number of rotatable bonds is 9. The second kappa shape index (κ2) is 12.8. The lowest BCUT2D eigenvalue weighted by Gasteiger charge is -2.08. The molecule has 35 heavy (non-hydrogen) atoms. The van der Waals surface area contributed by atoms with Crippen molar-refractivity contribution in [1.82, 2.24) is 10.7 Å². The molecule has 10 heteroatoms. The molecule has 0 unspecified atom stereocenters.